The van der Waals surface area contributed by atoms with Crippen LogP contribution in [0.4, 0.5) is 18.9 Å². The van der Waals surface area contributed by atoms with Crippen LogP contribution in [0.15, 0.2) is 18.2 Å². The second-order valence-electron chi connectivity index (χ2n) is 4.65. The predicted molar refractivity (Wildman–Crippen MR) is 62.9 cm³/mol. The molecule has 1 aliphatic heterocycles. The van der Waals surface area contributed by atoms with E-state index in [0.717, 1.165) is 0 Å². The lowest BCUT2D eigenvalue weighted by atomic mass is 9.80. The Morgan fingerprint density at radius 1 is 1.39 bits per heavy atom. The fraction of sp³-hybridized carbons (Fsp3) is 0.417. The molecule has 1 atom stereocenters. The van der Waals surface area contributed by atoms with Crippen LogP contribution in [0.5, 0.6) is 0 Å². The molecule has 1 heterocycles. The van der Waals surface area contributed by atoms with Crippen LogP contribution in [0.1, 0.15) is 18.9 Å². The van der Waals surface area contributed by atoms with Crippen LogP contribution in [0.2, 0.25) is 5.02 Å². The van der Waals surface area contributed by atoms with E-state index < -0.39 is 23.9 Å². The van der Waals surface area contributed by atoms with E-state index in [9.17, 15) is 18.0 Å². The fourth-order valence-corrected chi connectivity index (χ4v) is 2.58. The van der Waals surface area contributed by atoms with E-state index in [1.54, 1.807) is 12.1 Å². The van der Waals surface area contributed by atoms with Gasteiger partial charge in [0.15, 0.2) is 0 Å². The number of hydrogen-bond acceptors (Lipinski definition) is 1. The third-order valence-electron chi connectivity index (χ3n) is 3.25. The van der Waals surface area contributed by atoms with Gasteiger partial charge in [-0.3, -0.25) is 4.79 Å². The number of alkyl halides is 3. The molecule has 0 saturated carbocycles. The van der Waals surface area contributed by atoms with Gasteiger partial charge in [-0.15, -0.1) is 0 Å². The normalized spacial score (nSPS) is 23.4. The molecule has 0 unspecified atom stereocenters. The maximum absolute atomic E-state index is 12.6. The first-order chi connectivity index (χ1) is 8.15. The number of carbonyl (C=O) groups is 1. The van der Waals surface area contributed by atoms with Crippen molar-refractivity contribution in [3.8, 4) is 0 Å². The SMILES string of the molecule is CN1C(=O)[C@@](C)(CC(F)(F)F)c2cc(Cl)ccc21. The van der Waals surface area contributed by atoms with Crippen molar-refractivity contribution in [1.82, 2.24) is 0 Å². The van der Waals surface area contributed by atoms with Gasteiger partial charge in [0.25, 0.3) is 0 Å². The van der Waals surface area contributed by atoms with Crippen LogP contribution in [-0.2, 0) is 10.2 Å². The van der Waals surface area contributed by atoms with E-state index in [1.807, 2.05) is 0 Å². The number of hydrogen-bond donors (Lipinski definition) is 0. The molecule has 1 amide bonds. The highest BCUT2D eigenvalue weighted by molar-refractivity contribution is 6.31. The van der Waals surface area contributed by atoms with Crippen molar-refractivity contribution in [2.24, 2.45) is 0 Å². The fourth-order valence-electron chi connectivity index (χ4n) is 2.41. The molecular formula is C12H11ClF3NO. The minimum absolute atomic E-state index is 0.324. The van der Waals surface area contributed by atoms with Crippen molar-refractivity contribution in [2.45, 2.75) is 24.9 Å². The van der Waals surface area contributed by atoms with E-state index in [-0.39, 0.29) is 0 Å². The van der Waals surface area contributed by atoms with E-state index >= 15 is 0 Å². The van der Waals surface area contributed by atoms with E-state index in [1.165, 1.54) is 24.9 Å². The number of amides is 1. The summed E-state index contributed by atoms with van der Waals surface area (Å²) in [5.74, 6) is -0.558. The average Bonchev–Trinajstić information content (AvgIpc) is 2.39. The van der Waals surface area contributed by atoms with Crippen LogP contribution in [0.3, 0.4) is 0 Å². The third kappa shape index (κ3) is 1.96. The summed E-state index contributed by atoms with van der Waals surface area (Å²) in [6.45, 7) is 1.31. The number of nitrogens with zero attached hydrogens (tertiary/aromatic N) is 1. The molecule has 6 heteroatoms. The first kappa shape index (κ1) is 13.2. The summed E-state index contributed by atoms with van der Waals surface area (Å²) in [6.07, 6.45) is -5.59. The molecule has 0 saturated heterocycles. The van der Waals surface area contributed by atoms with Crippen molar-refractivity contribution in [3.63, 3.8) is 0 Å². The van der Waals surface area contributed by atoms with Crippen molar-refractivity contribution in [2.75, 3.05) is 11.9 Å². The Balaban J connectivity index is 2.57. The van der Waals surface area contributed by atoms with Crippen LogP contribution in [0, 0.1) is 0 Å². The Labute approximate surface area is 107 Å². The minimum Gasteiger partial charge on any atom is -0.314 e. The van der Waals surface area contributed by atoms with Gasteiger partial charge in [-0.1, -0.05) is 11.6 Å². The molecule has 0 bridgehead atoms. The zero-order valence-corrected chi connectivity index (χ0v) is 10.6. The van der Waals surface area contributed by atoms with Gasteiger partial charge in [0.1, 0.15) is 0 Å². The van der Waals surface area contributed by atoms with Crippen molar-refractivity contribution < 1.29 is 18.0 Å². The van der Waals surface area contributed by atoms with E-state index in [4.69, 9.17) is 11.6 Å². The highest BCUT2D eigenvalue weighted by Crippen LogP contribution is 2.47. The standard InChI is InChI=1S/C12H11ClF3NO/c1-11(6-12(14,15)16)8-5-7(13)3-4-9(8)17(2)10(11)18/h3-5H,6H2,1-2H3/t11-/m0/s1. The first-order valence-corrected chi connectivity index (χ1v) is 5.68. The number of carbonyl (C=O) groups excluding carboxylic acids is 1. The molecule has 0 radical (unpaired) electrons. The quantitative estimate of drug-likeness (QED) is 0.769. The van der Waals surface area contributed by atoms with Gasteiger partial charge < -0.3 is 4.90 Å². The summed E-state index contributed by atoms with van der Waals surface area (Å²) >= 11 is 5.81. The van der Waals surface area contributed by atoms with Crippen LogP contribution >= 0.6 is 11.6 Å². The Morgan fingerprint density at radius 2 is 2.00 bits per heavy atom. The number of anilines is 1. The maximum atomic E-state index is 12.6. The lowest BCUT2D eigenvalue weighted by molar-refractivity contribution is -0.154. The van der Waals surface area contributed by atoms with Crippen LogP contribution < -0.4 is 4.90 Å². The van der Waals surface area contributed by atoms with Gasteiger partial charge in [-0.25, -0.2) is 0 Å². The van der Waals surface area contributed by atoms with Gasteiger partial charge in [0, 0.05) is 17.8 Å². The molecule has 1 aromatic carbocycles. The monoisotopic (exact) mass is 277 g/mol. The van der Waals surface area contributed by atoms with E-state index in [2.05, 4.69) is 0 Å². The number of benzene rings is 1. The molecule has 18 heavy (non-hydrogen) atoms. The Morgan fingerprint density at radius 3 is 2.56 bits per heavy atom. The lowest BCUT2D eigenvalue weighted by Crippen LogP contribution is -2.39. The Hall–Kier alpha value is -1.23. The predicted octanol–water partition coefficient (Wildman–Crippen LogP) is 3.53. The van der Waals surface area contributed by atoms with Gasteiger partial charge in [0.05, 0.1) is 11.8 Å². The summed E-state index contributed by atoms with van der Waals surface area (Å²) < 4.78 is 37.9. The topological polar surface area (TPSA) is 20.3 Å². The maximum Gasteiger partial charge on any atom is 0.390 e. The average molecular weight is 278 g/mol. The smallest absolute Gasteiger partial charge is 0.314 e. The molecule has 2 nitrogen and oxygen atoms in total. The van der Waals surface area contributed by atoms with Crippen LogP contribution in [0.25, 0.3) is 0 Å². The number of halogens is 4. The number of rotatable bonds is 1. The zero-order valence-electron chi connectivity index (χ0n) is 9.81. The minimum atomic E-state index is -4.41. The van der Waals surface area contributed by atoms with Crippen molar-refractivity contribution >= 4 is 23.2 Å². The second kappa shape index (κ2) is 3.88. The number of likely N-dealkylation sites (N-methyl/N-ethyl adjacent to an activating group) is 1. The second-order valence-corrected chi connectivity index (χ2v) is 5.09. The van der Waals surface area contributed by atoms with Gasteiger partial charge in [-0.05, 0) is 30.7 Å². The summed E-state index contributed by atoms with van der Waals surface area (Å²) in [6, 6.07) is 4.56. The van der Waals surface area contributed by atoms with E-state index in [0.29, 0.717) is 16.3 Å². The molecule has 98 valence electrons. The highest BCUT2D eigenvalue weighted by Gasteiger charge is 2.52. The van der Waals surface area contributed by atoms with Gasteiger partial charge in [-0.2, -0.15) is 13.2 Å². The Kier molecular flexibility index (Phi) is 2.85. The molecule has 0 spiro atoms. The summed E-state index contributed by atoms with van der Waals surface area (Å²) in [5.41, 5.74) is -0.774. The molecular weight excluding hydrogens is 267 g/mol. The van der Waals surface area contributed by atoms with Crippen LogP contribution in [-0.4, -0.2) is 19.1 Å². The molecule has 0 aromatic heterocycles. The van der Waals surface area contributed by atoms with Crippen molar-refractivity contribution in [3.05, 3.63) is 28.8 Å². The molecule has 2 rings (SSSR count). The van der Waals surface area contributed by atoms with Gasteiger partial charge >= 0.3 is 6.18 Å². The molecule has 0 aliphatic carbocycles. The van der Waals surface area contributed by atoms with Crippen molar-refractivity contribution in [1.29, 1.82) is 0 Å². The summed E-state index contributed by atoms with van der Waals surface area (Å²) in [4.78, 5) is 13.3. The summed E-state index contributed by atoms with van der Waals surface area (Å²) in [7, 11) is 1.47. The lowest BCUT2D eigenvalue weighted by Gasteiger charge is -2.24. The molecule has 1 aliphatic rings. The number of fused-ring (bicyclic) bond motifs is 1. The largest absolute Gasteiger partial charge is 0.390 e. The third-order valence-corrected chi connectivity index (χ3v) is 3.48. The molecule has 0 N–H and O–H groups in total. The van der Waals surface area contributed by atoms with Gasteiger partial charge in [0.2, 0.25) is 5.91 Å². The Bertz CT molecular complexity index is 515. The first-order valence-electron chi connectivity index (χ1n) is 5.30. The molecule has 0 fully saturated rings. The highest BCUT2D eigenvalue weighted by atomic mass is 35.5. The molecule has 1 aromatic rings. The summed E-state index contributed by atoms with van der Waals surface area (Å²) in [5, 5.41) is 0.324. The zero-order chi connectivity index (χ0) is 13.7.